The van der Waals surface area contributed by atoms with Gasteiger partial charge in [0.1, 0.15) is 0 Å². The van der Waals surface area contributed by atoms with Gasteiger partial charge in [-0.1, -0.05) is 33.3 Å². The first kappa shape index (κ1) is 11.2. The van der Waals surface area contributed by atoms with Crippen LogP contribution < -0.4 is 0 Å². The lowest BCUT2D eigenvalue weighted by atomic mass is 10.2. The third-order valence-corrected chi connectivity index (χ3v) is 1.48. The Hall–Kier alpha value is -0.850. The van der Waals surface area contributed by atoms with Gasteiger partial charge < -0.3 is 0 Å². The van der Waals surface area contributed by atoms with Crippen molar-refractivity contribution in [2.24, 2.45) is 0 Å². The summed E-state index contributed by atoms with van der Waals surface area (Å²) in [7, 11) is 0. The summed E-state index contributed by atoms with van der Waals surface area (Å²) >= 11 is 0. The fourth-order valence-corrected chi connectivity index (χ4v) is 0.902. The molecule has 1 rings (SSSR count). The van der Waals surface area contributed by atoms with Gasteiger partial charge in [-0.15, -0.1) is 0 Å². The van der Waals surface area contributed by atoms with Crippen molar-refractivity contribution >= 4 is 0 Å². The molecule has 0 bridgehead atoms. The van der Waals surface area contributed by atoms with Crippen LogP contribution >= 0.6 is 0 Å². The van der Waals surface area contributed by atoms with E-state index in [2.05, 4.69) is 31.0 Å². The van der Waals surface area contributed by atoms with Crippen molar-refractivity contribution in [3.8, 4) is 0 Å². The van der Waals surface area contributed by atoms with Crippen molar-refractivity contribution in [2.45, 2.75) is 40.5 Å². The molecule has 0 aromatic carbocycles. The van der Waals surface area contributed by atoms with Crippen LogP contribution in [0, 0.1) is 6.92 Å². The topological polar surface area (TPSA) is 12.9 Å². The number of aromatic nitrogens is 1. The van der Waals surface area contributed by atoms with Crippen molar-refractivity contribution in [2.75, 3.05) is 0 Å². The van der Waals surface area contributed by atoms with Gasteiger partial charge in [-0.25, -0.2) is 0 Å². The van der Waals surface area contributed by atoms with E-state index in [-0.39, 0.29) is 0 Å². The van der Waals surface area contributed by atoms with Crippen molar-refractivity contribution < 1.29 is 0 Å². The van der Waals surface area contributed by atoms with Gasteiger partial charge in [0.15, 0.2) is 0 Å². The molecule has 1 heterocycles. The molecule has 0 unspecified atom stereocenters. The Bertz CT molecular complexity index is 189. The van der Waals surface area contributed by atoms with Gasteiger partial charge in [-0.2, -0.15) is 0 Å². The highest BCUT2D eigenvalue weighted by atomic mass is 14.7. The second kappa shape index (κ2) is 6.84. The first-order valence-corrected chi connectivity index (χ1v) is 4.74. The molecule has 1 heteroatoms. The molecular weight excluding hydrogens is 146 g/mol. The summed E-state index contributed by atoms with van der Waals surface area (Å²) in [5.41, 5.74) is 2.44. The first-order valence-electron chi connectivity index (χ1n) is 4.74. The standard InChI is InChI=1S/C9H13N.C2H6/c1-3-4-9-6-5-8(2)7-10-9;1-2/h5-7H,3-4H2,1-2H3;1-2H3. The van der Waals surface area contributed by atoms with E-state index in [0.29, 0.717) is 0 Å². The predicted octanol–water partition coefficient (Wildman–Crippen LogP) is 3.37. The fraction of sp³-hybridized carbons (Fsp3) is 0.545. The van der Waals surface area contributed by atoms with Crippen molar-refractivity contribution in [1.29, 1.82) is 0 Å². The normalized spacial score (nSPS) is 8.67. The molecule has 0 saturated heterocycles. The Morgan fingerprint density at radius 2 is 1.92 bits per heavy atom. The molecule has 0 radical (unpaired) electrons. The number of pyridine rings is 1. The summed E-state index contributed by atoms with van der Waals surface area (Å²) < 4.78 is 0. The van der Waals surface area contributed by atoms with E-state index in [0.717, 1.165) is 6.42 Å². The summed E-state index contributed by atoms with van der Waals surface area (Å²) in [6.45, 7) is 8.23. The zero-order valence-electron chi connectivity index (χ0n) is 8.59. The average molecular weight is 165 g/mol. The second-order valence-corrected chi connectivity index (χ2v) is 2.58. The van der Waals surface area contributed by atoms with Crippen molar-refractivity contribution in [3.63, 3.8) is 0 Å². The number of aryl methyl sites for hydroxylation is 2. The number of hydrogen-bond donors (Lipinski definition) is 0. The van der Waals surface area contributed by atoms with E-state index in [9.17, 15) is 0 Å². The van der Waals surface area contributed by atoms with E-state index in [1.54, 1.807) is 0 Å². The van der Waals surface area contributed by atoms with E-state index in [1.165, 1.54) is 17.7 Å². The van der Waals surface area contributed by atoms with Gasteiger partial charge in [0.25, 0.3) is 0 Å². The van der Waals surface area contributed by atoms with Crippen LogP contribution in [0.5, 0.6) is 0 Å². The van der Waals surface area contributed by atoms with Gasteiger partial charge in [0.05, 0.1) is 0 Å². The van der Waals surface area contributed by atoms with E-state index >= 15 is 0 Å². The lowest BCUT2D eigenvalue weighted by Crippen LogP contribution is -1.87. The monoisotopic (exact) mass is 165 g/mol. The highest BCUT2D eigenvalue weighted by molar-refractivity contribution is 5.11. The number of rotatable bonds is 2. The van der Waals surface area contributed by atoms with Crippen molar-refractivity contribution in [3.05, 3.63) is 29.6 Å². The van der Waals surface area contributed by atoms with Crippen LogP contribution in [0.1, 0.15) is 38.4 Å². The smallest absolute Gasteiger partial charge is 0.0403 e. The first-order chi connectivity index (χ1) is 5.83. The highest BCUT2D eigenvalue weighted by Gasteiger charge is 1.89. The minimum atomic E-state index is 1.10. The fourth-order valence-electron chi connectivity index (χ4n) is 0.902. The lowest BCUT2D eigenvalue weighted by Gasteiger charge is -1.96. The van der Waals surface area contributed by atoms with Gasteiger partial charge in [0, 0.05) is 11.9 Å². The molecule has 0 amide bonds. The average Bonchev–Trinajstić information content (AvgIpc) is 2.13. The minimum Gasteiger partial charge on any atom is -0.261 e. The van der Waals surface area contributed by atoms with Crippen LogP contribution in [-0.4, -0.2) is 4.98 Å². The third kappa shape index (κ3) is 4.12. The molecule has 0 spiro atoms. The van der Waals surface area contributed by atoms with Gasteiger partial charge in [-0.3, -0.25) is 4.98 Å². The lowest BCUT2D eigenvalue weighted by molar-refractivity contribution is 0.880. The van der Waals surface area contributed by atoms with E-state index in [1.807, 2.05) is 20.0 Å². The quantitative estimate of drug-likeness (QED) is 0.654. The molecule has 0 atom stereocenters. The van der Waals surface area contributed by atoms with Crippen molar-refractivity contribution in [1.82, 2.24) is 4.98 Å². The summed E-state index contributed by atoms with van der Waals surface area (Å²) in [4.78, 5) is 4.27. The van der Waals surface area contributed by atoms with E-state index < -0.39 is 0 Å². The van der Waals surface area contributed by atoms with Crippen LogP contribution in [0.15, 0.2) is 18.3 Å². The zero-order chi connectivity index (χ0) is 9.40. The largest absolute Gasteiger partial charge is 0.261 e. The molecule has 1 aromatic rings. The molecule has 68 valence electrons. The number of hydrogen-bond acceptors (Lipinski definition) is 1. The molecule has 0 aliphatic rings. The zero-order valence-corrected chi connectivity index (χ0v) is 8.59. The number of nitrogens with zero attached hydrogens (tertiary/aromatic N) is 1. The Balaban J connectivity index is 0.000000561. The summed E-state index contributed by atoms with van der Waals surface area (Å²) in [6, 6.07) is 4.21. The Labute approximate surface area is 75.8 Å². The van der Waals surface area contributed by atoms with E-state index in [4.69, 9.17) is 0 Å². The van der Waals surface area contributed by atoms with Gasteiger partial charge in [-0.05, 0) is 25.0 Å². The van der Waals surface area contributed by atoms with Crippen LogP contribution in [0.3, 0.4) is 0 Å². The maximum atomic E-state index is 4.27. The van der Waals surface area contributed by atoms with Gasteiger partial charge >= 0.3 is 0 Å². The highest BCUT2D eigenvalue weighted by Crippen LogP contribution is 2.00. The van der Waals surface area contributed by atoms with Crippen LogP contribution in [-0.2, 0) is 6.42 Å². The Morgan fingerprint density at radius 1 is 1.25 bits per heavy atom. The summed E-state index contributed by atoms with van der Waals surface area (Å²) in [6.07, 6.45) is 4.20. The molecule has 1 nitrogen and oxygen atoms in total. The molecule has 1 aromatic heterocycles. The summed E-state index contributed by atoms with van der Waals surface area (Å²) in [5.74, 6) is 0. The van der Waals surface area contributed by atoms with Crippen LogP contribution in [0.4, 0.5) is 0 Å². The molecule has 12 heavy (non-hydrogen) atoms. The third-order valence-electron chi connectivity index (χ3n) is 1.48. The maximum Gasteiger partial charge on any atom is 0.0403 e. The Kier molecular flexibility index (Phi) is 6.35. The molecule has 0 aliphatic carbocycles. The predicted molar refractivity (Wildman–Crippen MR) is 54.3 cm³/mol. The molecule has 0 saturated carbocycles. The molecule has 0 N–H and O–H groups in total. The maximum absolute atomic E-state index is 4.27. The Morgan fingerprint density at radius 3 is 2.33 bits per heavy atom. The molecular formula is C11H19N. The van der Waals surface area contributed by atoms with Crippen LogP contribution in [0.25, 0.3) is 0 Å². The SMILES string of the molecule is CC.CCCc1ccc(C)cn1. The molecule has 0 aliphatic heterocycles. The summed E-state index contributed by atoms with van der Waals surface area (Å²) in [5, 5.41) is 0. The molecule has 0 fully saturated rings. The second-order valence-electron chi connectivity index (χ2n) is 2.58. The van der Waals surface area contributed by atoms with Gasteiger partial charge in [0.2, 0.25) is 0 Å². The van der Waals surface area contributed by atoms with Crippen LogP contribution in [0.2, 0.25) is 0 Å². The minimum absolute atomic E-state index is 1.10.